The summed E-state index contributed by atoms with van der Waals surface area (Å²) in [6, 6.07) is 5.22. The molecule has 0 aromatic heterocycles. The van der Waals surface area contributed by atoms with Gasteiger partial charge >= 0.3 is 0 Å². The van der Waals surface area contributed by atoms with E-state index in [0.29, 0.717) is 49.8 Å². The summed E-state index contributed by atoms with van der Waals surface area (Å²) in [6.45, 7) is 6.44. The lowest BCUT2D eigenvalue weighted by Crippen LogP contribution is -2.36. The largest absolute Gasteiger partial charge is 0.493 e. The van der Waals surface area contributed by atoms with E-state index < -0.39 is 0 Å². The second-order valence-electron chi connectivity index (χ2n) is 5.45. The number of ether oxygens (including phenoxy) is 2. The van der Waals surface area contributed by atoms with Crippen molar-refractivity contribution in [3.63, 3.8) is 0 Å². The first-order valence-electron chi connectivity index (χ1n) is 7.92. The molecule has 1 aliphatic heterocycles. The number of carbonyl (C=O) groups excluding carboxylic acids is 2. The first-order chi connectivity index (χ1) is 11.1. The summed E-state index contributed by atoms with van der Waals surface area (Å²) < 4.78 is 10.8. The van der Waals surface area contributed by atoms with Crippen LogP contribution >= 0.6 is 0 Å². The number of rotatable bonds is 4. The van der Waals surface area contributed by atoms with Crippen molar-refractivity contribution in [2.45, 2.75) is 20.3 Å². The summed E-state index contributed by atoms with van der Waals surface area (Å²) in [5, 5.41) is 0. The summed E-state index contributed by atoms with van der Waals surface area (Å²) >= 11 is 0. The maximum atomic E-state index is 12.7. The highest BCUT2D eigenvalue weighted by atomic mass is 16.5. The van der Waals surface area contributed by atoms with Gasteiger partial charge in [0.2, 0.25) is 5.91 Å². The van der Waals surface area contributed by atoms with Crippen LogP contribution in [0.15, 0.2) is 18.2 Å². The van der Waals surface area contributed by atoms with Crippen molar-refractivity contribution in [1.29, 1.82) is 0 Å². The maximum Gasteiger partial charge on any atom is 0.254 e. The van der Waals surface area contributed by atoms with Crippen LogP contribution in [0.3, 0.4) is 0 Å². The Balaban J connectivity index is 2.13. The van der Waals surface area contributed by atoms with Crippen molar-refractivity contribution >= 4 is 11.8 Å². The minimum atomic E-state index is -0.0426. The zero-order valence-corrected chi connectivity index (χ0v) is 14.0. The van der Waals surface area contributed by atoms with E-state index >= 15 is 0 Å². The first-order valence-corrected chi connectivity index (χ1v) is 7.92. The van der Waals surface area contributed by atoms with Crippen LogP contribution in [0.4, 0.5) is 0 Å². The lowest BCUT2D eigenvalue weighted by Gasteiger charge is -2.22. The van der Waals surface area contributed by atoms with Gasteiger partial charge in [-0.05, 0) is 31.5 Å². The summed E-state index contributed by atoms with van der Waals surface area (Å²) in [6.07, 6.45) is 0.791. The van der Waals surface area contributed by atoms with Gasteiger partial charge in [0.1, 0.15) is 0 Å². The fourth-order valence-electron chi connectivity index (χ4n) is 2.70. The Bertz CT molecular complexity index is 574. The van der Waals surface area contributed by atoms with E-state index in [1.54, 1.807) is 42.0 Å². The van der Waals surface area contributed by atoms with E-state index in [1.165, 1.54) is 0 Å². The highest BCUT2D eigenvalue weighted by Gasteiger charge is 2.22. The molecule has 1 aromatic carbocycles. The highest BCUT2D eigenvalue weighted by molar-refractivity contribution is 5.95. The minimum Gasteiger partial charge on any atom is -0.493 e. The number of carbonyl (C=O) groups is 2. The van der Waals surface area contributed by atoms with E-state index in [-0.39, 0.29) is 11.8 Å². The van der Waals surface area contributed by atoms with E-state index in [0.717, 1.165) is 6.42 Å². The van der Waals surface area contributed by atoms with Crippen LogP contribution in [0.5, 0.6) is 11.5 Å². The van der Waals surface area contributed by atoms with Crippen molar-refractivity contribution in [1.82, 2.24) is 9.80 Å². The van der Waals surface area contributed by atoms with Crippen LogP contribution in [-0.4, -0.2) is 61.5 Å². The van der Waals surface area contributed by atoms with Crippen molar-refractivity contribution in [2.75, 3.05) is 39.9 Å². The van der Waals surface area contributed by atoms with E-state index in [1.807, 2.05) is 6.92 Å². The van der Waals surface area contributed by atoms with Gasteiger partial charge in [-0.25, -0.2) is 0 Å². The van der Waals surface area contributed by atoms with Gasteiger partial charge in [-0.2, -0.15) is 0 Å². The molecule has 1 saturated heterocycles. The van der Waals surface area contributed by atoms with Gasteiger partial charge in [-0.3, -0.25) is 9.59 Å². The molecular weight excluding hydrogens is 296 g/mol. The van der Waals surface area contributed by atoms with Gasteiger partial charge in [0.25, 0.3) is 5.91 Å². The van der Waals surface area contributed by atoms with Crippen LogP contribution in [0.2, 0.25) is 0 Å². The van der Waals surface area contributed by atoms with E-state index in [4.69, 9.17) is 9.47 Å². The number of amides is 2. The molecule has 2 rings (SSSR count). The summed E-state index contributed by atoms with van der Waals surface area (Å²) in [5.74, 6) is 1.20. The third-order valence-electron chi connectivity index (χ3n) is 3.94. The third-order valence-corrected chi connectivity index (χ3v) is 3.94. The number of methoxy groups -OCH3 is 1. The van der Waals surface area contributed by atoms with Crippen molar-refractivity contribution in [3.05, 3.63) is 23.8 Å². The Labute approximate surface area is 137 Å². The Kier molecular flexibility index (Phi) is 5.84. The fourth-order valence-corrected chi connectivity index (χ4v) is 2.70. The molecule has 2 amide bonds. The lowest BCUT2D eigenvalue weighted by atomic mass is 10.1. The van der Waals surface area contributed by atoms with Gasteiger partial charge in [0.05, 0.1) is 13.7 Å². The third kappa shape index (κ3) is 4.15. The monoisotopic (exact) mass is 320 g/mol. The number of hydrogen-bond donors (Lipinski definition) is 0. The molecule has 0 saturated carbocycles. The molecule has 0 unspecified atom stereocenters. The van der Waals surface area contributed by atoms with E-state index in [9.17, 15) is 9.59 Å². The molecule has 0 atom stereocenters. The normalized spacial score (nSPS) is 15.1. The summed E-state index contributed by atoms with van der Waals surface area (Å²) in [5.41, 5.74) is 0.575. The average Bonchev–Trinajstić information content (AvgIpc) is 2.80. The zero-order valence-electron chi connectivity index (χ0n) is 14.0. The standard InChI is InChI=1S/C17H24N2O4/c1-4-23-16-12-14(6-7-15(16)22-3)17(21)19-9-5-8-18(10-11-19)13(2)20/h6-7,12H,4-5,8-11H2,1-3H3. The molecule has 0 bridgehead atoms. The highest BCUT2D eigenvalue weighted by Crippen LogP contribution is 2.28. The van der Waals surface area contributed by atoms with Crippen molar-refractivity contribution in [3.8, 4) is 11.5 Å². The maximum absolute atomic E-state index is 12.7. The quantitative estimate of drug-likeness (QED) is 0.848. The molecule has 6 nitrogen and oxygen atoms in total. The van der Waals surface area contributed by atoms with E-state index in [2.05, 4.69) is 0 Å². The minimum absolute atomic E-state index is 0.0426. The second-order valence-corrected chi connectivity index (χ2v) is 5.45. The topological polar surface area (TPSA) is 59.1 Å². The Hall–Kier alpha value is -2.24. The Morgan fingerprint density at radius 2 is 1.78 bits per heavy atom. The molecule has 0 aliphatic carbocycles. The van der Waals surface area contributed by atoms with Gasteiger partial charge < -0.3 is 19.3 Å². The number of hydrogen-bond acceptors (Lipinski definition) is 4. The first kappa shape index (κ1) is 17.1. The van der Waals surface area contributed by atoms with Crippen LogP contribution in [-0.2, 0) is 4.79 Å². The van der Waals surface area contributed by atoms with Crippen molar-refractivity contribution < 1.29 is 19.1 Å². The molecule has 1 aromatic rings. The summed E-state index contributed by atoms with van der Waals surface area (Å²) in [4.78, 5) is 27.8. The van der Waals surface area contributed by atoms with Gasteiger partial charge in [-0.1, -0.05) is 0 Å². The fraction of sp³-hybridized carbons (Fsp3) is 0.529. The average molecular weight is 320 g/mol. The smallest absolute Gasteiger partial charge is 0.254 e. The van der Waals surface area contributed by atoms with Crippen LogP contribution < -0.4 is 9.47 Å². The molecule has 6 heteroatoms. The summed E-state index contributed by atoms with van der Waals surface area (Å²) in [7, 11) is 1.57. The van der Waals surface area contributed by atoms with Gasteiger partial charge in [0, 0.05) is 38.7 Å². The Morgan fingerprint density at radius 3 is 2.43 bits per heavy atom. The number of nitrogens with zero attached hydrogens (tertiary/aromatic N) is 2. The number of benzene rings is 1. The molecule has 0 N–H and O–H groups in total. The van der Waals surface area contributed by atoms with Gasteiger partial charge in [-0.15, -0.1) is 0 Å². The molecule has 1 heterocycles. The lowest BCUT2D eigenvalue weighted by molar-refractivity contribution is -0.128. The van der Waals surface area contributed by atoms with Crippen LogP contribution in [0.1, 0.15) is 30.6 Å². The van der Waals surface area contributed by atoms with Crippen molar-refractivity contribution in [2.24, 2.45) is 0 Å². The molecule has 0 radical (unpaired) electrons. The molecule has 126 valence electrons. The predicted molar refractivity (Wildman–Crippen MR) is 86.9 cm³/mol. The van der Waals surface area contributed by atoms with Gasteiger partial charge in [0.15, 0.2) is 11.5 Å². The Morgan fingerprint density at radius 1 is 1.09 bits per heavy atom. The zero-order chi connectivity index (χ0) is 16.8. The van der Waals surface area contributed by atoms with Crippen LogP contribution in [0.25, 0.3) is 0 Å². The predicted octanol–water partition coefficient (Wildman–Crippen LogP) is 1.79. The molecule has 1 fully saturated rings. The molecule has 1 aliphatic rings. The second kappa shape index (κ2) is 7.85. The SMILES string of the molecule is CCOc1cc(C(=O)N2CCCN(C(C)=O)CC2)ccc1OC. The molecular formula is C17H24N2O4. The molecule has 0 spiro atoms. The van der Waals surface area contributed by atoms with Crippen LogP contribution in [0, 0.1) is 0 Å². The molecule has 23 heavy (non-hydrogen) atoms.